The number of benzene rings is 1. The Morgan fingerprint density at radius 3 is 2.78 bits per heavy atom. The fraction of sp³-hybridized carbons (Fsp3) is 0.0714. The number of rotatable bonds is 2. The minimum Gasteiger partial charge on any atom is -0.318 e. The Balaban J connectivity index is 2.18. The van der Waals surface area contributed by atoms with Crippen LogP contribution in [0.5, 0.6) is 0 Å². The number of pyridine rings is 1. The number of hydrogen-bond acceptors (Lipinski definition) is 3. The molecule has 0 spiro atoms. The van der Waals surface area contributed by atoms with Crippen LogP contribution >= 0.6 is 22.9 Å². The molecule has 3 rings (SSSR count). The molecule has 4 heteroatoms. The Labute approximate surface area is 114 Å². The predicted molar refractivity (Wildman–Crippen MR) is 77.1 cm³/mol. The summed E-state index contributed by atoms with van der Waals surface area (Å²) in [6.07, 6.45) is 1.79. The van der Waals surface area contributed by atoms with Gasteiger partial charge in [0.2, 0.25) is 0 Å². The van der Waals surface area contributed by atoms with Crippen LogP contribution in [0.25, 0.3) is 10.8 Å². The van der Waals surface area contributed by atoms with E-state index in [4.69, 9.17) is 17.3 Å². The van der Waals surface area contributed by atoms with E-state index >= 15 is 0 Å². The van der Waals surface area contributed by atoms with Crippen molar-refractivity contribution in [2.24, 2.45) is 5.73 Å². The second-order valence-electron chi connectivity index (χ2n) is 4.03. The van der Waals surface area contributed by atoms with Crippen molar-refractivity contribution in [3.8, 4) is 0 Å². The second kappa shape index (κ2) is 4.69. The van der Waals surface area contributed by atoms with Crippen molar-refractivity contribution in [2.75, 3.05) is 0 Å². The molecule has 0 bridgehead atoms. The molecule has 0 fully saturated rings. The van der Waals surface area contributed by atoms with E-state index in [0.717, 1.165) is 21.3 Å². The zero-order valence-corrected chi connectivity index (χ0v) is 11.1. The minimum absolute atomic E-state index is 0.274. The van der Waals surface area contributed by atoms with Crippen LogP contribution in [0.15, 0.2) is 48.0 Å². The Morgan fingerprint density at radius 2 is 2.00 bits per heavy atom. The number of fused-ring (bicyclic) bond motifs is 1. The summed E-state index contributed by atoms with van der Waals surface area (Å²) in [4.78, 5) is 5.39. The van der Waals surface area contributed by atoms with Crippen molar-refractivity contribution >= 4 is 33.7 Å². The fourth-order valence-electron chi connectivity index (χ4n) is 2.04. The molecule has 2 aromatic heterocycles. The summed E-state index contributed by atoms with van der Waals surface area (Å²) in [5.41, 5.74) is 7.16. The van der Waals surface area contributed by atoms with Crippen molar-refractivity contribution in [3.05, 3.63) is 63.6 Å². The molecule has 2 N–H and O–H groups in total. The number of hydrogen-bond donors (Lipinski definition) is 1. The van der Waals surface area contributed by atoms with Crippen LogP contribution in [0.2, 0.25) is 5.02 Å². The number of nitrogens with two attached hydrogens (primary N) is 1. The maximum atomic E-state index is 6.29. The van der Waals surface area contributed by atoms with Gasteiger partial charge in [-0.25, -0.2) is 0 Å². The van der Waals surface area contributed by atoms with Gasteiger partial charge in [0.1, 0.15) is 0 Å². The first-order chi connectivity index (χ1) is 8.77. The molecule has 0 saturated heterocycles. The molecule has 1 aromatic carbocycles. The van der Waals surface area contributed by atoms with E-state index in [-0.39, 0.29) is 6.04 Å². The predicted octanol–water partition coefficient (Wildman–Crippen LogP) is 4.00. The molecular weight excluding hydrogens is 264 g/mol. The monoisotopic (exact) mass is 274 g/mol. The van der Waals surface area contributed by atoms with Crippen molar-refractivity contribution in [1.29, 1.82) is 0 Å². The number of thiophene rings is 1. The summed E-state index contributed by atoms with van der Waals surface area (Å²) in [5, 5.41) is 4.88. The second-order valence-corrected chi connectivity index (χ2v) is 5.38. The van der Waals surface area contributed by atoms with Gasteiger partial charge in [-0.2, -0.15) is 0 Å². The van der Waals surface area contributed by atoms with Crippen LogP contribution in [0.4, 0.5) is 0 Å². The maximum Gasteiger partial charge on any atom is 0.0841 e. The van der Waals surface area contributed by atoms with Crippen molar-refractivity contribution < 1.29 is 0 Å². The highest BCUT2D eigenvalue weighted by molar-refractivity contribution is 7.10. The lowest BCUT2D eigenvalue weighted by Gasteiger charge is -2.12. The fourth-order valence-corrected chi connectivity index (χ4v) is 3.22. The molecule has 0 aliphatic heterocycles. The van der Waals surface area contributed by atoms with E-state index in [1.165, 1.54) is 0 Å². The number of aromatic nitrogens is 1. The molecule has 1 unspecified atom stereocenters. The van der Waals surface area contributed by atoms with Crippen LogP contribution in [0.1, 0.15) is 16.6 Å². The molecule has 2 nitrogen and oxygen atoms in total. The summed E-state index contributed by atoms with van der Waals surface area (Å²) in [6.45, 7) is 0. The summed E-state index contributed by atoms with van der Waals surface area (Å²) in [7, 11) is 0. The van der Waals surface area contributed by atoms with Crippen molar-refractivity contribution in [2.45, 2.75) is 6.04 Å². The molecule has 90 valence electrons. The third-order valence-corrected chi connectivity index (χ3v) is 4.37. The van der Waals surface area contributed by atoms with E-state index in [0.29, 0.717) is 5.02 Å². The van der Waals surface area contributed by atoms with E-state index in [1.807, 2.05) is 35.7 Å². The Kier molecular flexibility index (Phi) is 3.04. The molecular formula is C14H11ClN2S. The van der Waals surface area contributed by atoms with Crippen LogP contribution < -0.4 is 5.73 Å². The first-order valence-corrected chi connectivity index (χ1v) is 6.85. The van der Waals surface area contributed by atoms with E-state index in [2.05, 4.69) is 11.1 Å². The lowest BCUT2D eigenvalue weighted by molar-refractivity contribution is 0.859. The van der Waals surface area contributed by atoms with Gasteiger partial charge in [0.15, 0.2) is 0 Å². The molecule has 3 aromatic rings. The van der Waals surface area contributed by atoms with Gasteiger partial charge in [-0.15, -0.1) is 11.3 Å². The average Bonchev–Trinajstić information content (AvgIpc) is 2.83. The molecule has 0 aliphatic carbocycles. The zero-order valence-electron chi connectivity index (χ0n) is 9.51. The van der Waals surface area contributed by atoms with Gasteiger partial charge < -0.3 is 5.73 Å². The molecule has 1 atom stereocenters. The Hall–Kier alpha value is -1.42. The zero-order chi connectivity index (χ0) is 12.5. The van der Waals surface area contributed by atoms with Gasteiger partial charge in [-0.1, -0.05) is 35.9 Å². The third-order valence-electron chi connectivity index (χ3n) is 2.93. The summed E-state index contributed by atoms with van der Waals surface area (Å²) in [6, 6.07) is 11.7. The first-order valence-electron chi connectivity index (χ1n) is 5.59. The van der Waals surface area contributed by atoms with Gasteiger partial charge in [0.25, 0.3) is 0 Å². The first kappa shape index (κ1) is 11.7. The molecule has 0 amide bonds. The van der Waals surface area contributed by atoms with Gasteiger partial charge in [-0.3, -0.25) is 4.98 Å². The van der Waals surface area contributed by atoms with Gasteiger partial charge in [0.05, 0.1) is 16.8 Å². The lowest BCUT2D eigenvalue weighted by Crippen LogP contribution is -2.12. The van der Waals surface area contributed by atoms with Gasteiger partial charge >= 0.3 is 0 Å². The summed E-state index contributed by atoms with van der Waals surface area (Å²) >= 11 is 7.70. The SMILES string of the molecule is NC(c1sccc1Cl)c1nccc2ccccc12. The topological polar surface area (TPSA) is 38.9 Å². The normalized spacial score (nSPS) is 12.8. The van der Waals surface area contributed by atoms with Crippen LogP contribution in [0, 0.1) is 0 Å². The van der Waals surface area contributed by atoms with E-state index in [9.17, 15) is 0 Å². The number of nitrogens with zero attached hydrogens (tertiary/aromatic N) is 1. The molecule has 0 radical (unpaired) electrons. The highest BCUT2D eigenvalue weighted by Gasteiger charge is 2.17. The molecule has 18 heavy (non-hydrogen) atoms. The molecule has 2 heterocycles. The third kappa shape index (κ3) is 1.90. The number of halogens is 1. The standard InChI is InChI=1S/C14H11ClN2S/c15-11-6-8-18-14(11)12(16)13-10-4-2-1-3-9(10)5-7-17-13/h1-8,12H,16H2. The van der Waals surface area contributed by atoms with Crippen LogP contribution in [-0.4, -0.2) is 4.98 Å². The largest absolute Gasteiger partial charge is 0.318 e. The lowest BCUT2D eigenvalue weighted by atomic mass is 10.0. The van der Waals surface area contributed by atoms with Gasteiger partial charge in [0, 0.05) is 16.5 Å². The summed E-state index contributed by atoms with van der Waals surface area (Å²) in [5.74, 6) is 0. The van der Waals surface area contributed by atoms with Crippen molar-refractivity contribution in [1.82, 2.24) is 4.98 Å². The van der Waals surface area contributed by atoms with Crippen LogP contribution in [-0.2, 0) is 0 Å². The highest BCUT2D eigenvalue weighted by Crippen LogP contribution is 2.33. The maximum absolute atomic E-state index is 6.29. The van der Waals surface area contributed by atoms with Gasteiger partial charge in [-0.05, 0) is 22.9 Å². The minimum atomic E-state index is -0.274. The van der Waals surface area contributed by atoms with E-state index < -0.39 is 0 Å². The smallest absolute Gasteiger partial charge is 0.0841 e. The van der Waals surface area contributed by atoms with E-state index in [1.54, 1.807) is 17.5 Å². The Bertz CT molecular complexity index is 688. The quantitative estimate of drug-likeness (QED) is 0.767. The average molecular weight is 275 g/mol. The Morgan fingerprint density at radius 1 is 1.17 bits per heavy atom. The van der Waals surface area contributed by atoms with Crippen LogP contribution in [0.3, 0.4) is 0 Å². The highest BCUT2D eigenvalue weighted by atomic mass is 35.5. The molecule has 0 aliphatic rings. The van der Waals surface area contributed by atoms with Crippen molar-refractivity contribution in [3.63, 3.8) is 0 Å². The summed E-state index contributed by atoms with van der Waals surface area (Å²) < 4.78 is 0. The molecule has 0 saturated carbocycles.